The highest BCUT2D eigenvalue weighted by Gasteiger charge is 1.94. The molecular formula is C11H24N2. The Hall–Kier alpha value is -0.790. The molecule has 0 saturated carbocycles. The lowest BCUT2D eigenvalue weighted by Crippen LogP contribution is -1.98. The van der Waals surface area contributed by atoms with Crippen molar-refractivity contribution in [2.45, 2.75) is 54.5 Å². The molecule has 13 heavy (non-hydrogen) atoms. The molecule has 0 saturated heterocycles. The highest BCUT2D eigenvalue weighted by Crippen LogP contribution is 1.96. The van der Waals surface area contributed by atoms with E-state index in [9.17, 15) is 0 Å². The predicted molar refractivity (Wildman–Crippen MR) is 60.0 cm³/mol. The van der Waals surface area contributed by atoms with E-state index in [4.69, 9.17) is 0 Å². The number of rotatable bonds is 2. The average molecular weight is 184 g/mol. The molecule has 0 aliphatic carbocycles. The Kier molecular flexibility index (Phi) is 12.7. The van der Waals surface area contributed by atoms with E-state index >= 15 is 0 Å². The highest BCUT2D eigenvalue weighted by molar-refractivity contribution is 4.90. The number of hydrogen-bond donors (Lipinski definition) is 0. The molecule has 0 fully saturated rings. The number of hydrogen-bond acceptors (Lipinski definition) is 1. The largest absolute Gasteiger partial charge is 0.335 e. The zero-order valence-electron chi connectivity index (χ0n) is 9.96. The highest BCUT2D eigenvalue weighted by atomic mass is 15.0. The van der Waals surface area contributed by atoms with E-state index in [2.05, 4.69) is 23.4 Å². The molecule has 0 radical (unpaired) electrons. The fourth-order valence-electron chi connectivity index (χ4n) is 0.942. The van der Waals surface area contributed by atoms with Crippen LogP contribution in [0.4, 0.5) is 0 Å². The van der Waals surface area contributed by atoms with Crippen molar-refractivity contribution in [1.82, 2.24) is 9.55 Å². The molecule has 0 atom stereocenters. The summed E-state index contributed by atoms with van der Waals surface area (Å²) in [6, 6.07) is 0. The molecule has 2 heteroatoms. The van der Waals surface area contributed by atoms with Crippen molar-refractivity contribution in [2.24, 2.45) is 0 Å². The fourth-order valence-corrected chi connectivity index (χ4v) is 0.942. The zero-order valence-corrected chi connectivity index (χ0v) is 9.96. The van der Waals surface area contributed by atoms with Gasteiger partial charge in [-0.25, -0.2) is 4.98 Å². The zero-order chi connectivity index (χ0) is 10.7. The van der Waals surface area contributed by atoms with Crippen LogP contribution in [0.1, 0.15) is 47.4 Å². The van der Waals surface area contributed by atoms with Crippen LogP contribution in [0.3, 0.4) is 0 Å². The van der Waals surface area contributed by atoms with Crippen LogP contribution in [0.5, 0.6) is 0 Å². The Labute approximate surface area is 83.0 Å². The Morgan fingerprint density at radius 2 is 1.69 bits per heavy atom. The van der Waals surface area contributed by atoms with Crippen molar-refractivity contribution < 1.29 is 0 Å². The molecule has 0 spiro atoms. The maximum Gasteiger partial charge on any atom is 0.108 e. The minimum absolute atomic E-state index is 1.03. The molecule has 1 aromatic heterocycles. The Morgan fingerprint density at radius 3 is 2.00 bits per heavy atom. The van der Waals surface area contributed by atoms with Crippen molar-refractivity contribution in [2.75, 3.05) is 0 Å². The van der Waals surface area contributed by atoms with Crippen LogP contribution in [0.25, 0.3) is 0 Å². The molecule has 2 nitrogen and oxygen atoms in total. The monoisotopic (exact) mass is 184 g/mol. The van der Waals surface area contributed by atoms with Crippen molar-refractivity contribution in [3.8, 4) is 0 Å². The van der Waals surface area contributed by atoms with Crippen molar-refractivity contribution in [3.63, 3.8) is 0 Å². The van der Waals surface area contributed by atoms with Gasteiger partial charge in [-0.2, -0.15) is 0 Å². The quantitative estimate of drug-likeness (QED) is 0.687. The van der Waals surface area contributed by atoms with Gasteiger partial charge in [0.25, 0.3) is 0 Å². The molecule has 0 amide bonds. The standard InChI is InChI=1S/C7H12N2.2C2H6/c1-3-7-8-5-6-9(7)4-2;2*1-2/h5-6H,3-4H2,1-2H3;2*1-2H3. The summed E-state index contributed by atoms with van der Waals surface area (Å²) in [4.78, 5) is 4.17. The molecular weight excluding hydrogens is 160 g/mol. The summed E-state index contributed by atoms with van der Waals surface area (Å²) < 4.78 is 2.15. The summed E-state index contributed by atoms with van der Waals surface area (Å²) in [5.41, 5.74) is 0. The van der Waals surface area contributed by atoms with Gasteiger partial charge < -0.3 is 4.57 Å². The third kappa shape index (κ3) is 5.45. The van der Waals surface area contributed by atoms with Crippen LogP contribution < -0.4 is 0 Å². The van der Waals surface area contributed by atoms with Gasteiger partial charge in [-0.1, -0.05) is 34.6 Å². The summed E-state index contributed by atoms with van der Waals surface area (Å²) >= 11 is 0. The molecule has 1 rings (SSSR count). The lowest BCUT2D eigenvalue weighted by Gasteiger charge is -1.98. The number of imidazole rings is 1. The van der Waals surface area contributed by atoms with E-state index in [1.807, 2.05) is 40.1 Å². The first kappa shape index (κ1) is 14.7. The molecule has 0 bridgehead atoms. The predicted octanol–water partition coefficient (Wildman–Crippen LogP) is 3.52. The van der Waals surface area contributed by atoms with Gasteiger partial charge >= 0.3 is 0 Å². The van der Waals surface area contributed by atoms with Gasteiger partial charge in [0.1, 0.15) is 5.82 Å². The van der Waals surface area contributed by atoms with Crippen LogP contribution in [0, 0.1) is 0 Å². The topological polar surface area (TPSA) is 17.8 Å². The third-order valence-electron chi connectivity index (χ3n) is 1.46. The summed E-state index contributed by atoms with van der Waals surface area (Å²) in [6.07, 6.45) is 4.89. The van der Waals surface area contributed by atoms with Gasteiger partial charge in [0, 0.05) is 25.4 Å². The normalized spacial score (nSPS) is 7.85. The summed E-state index contributed by atoms with van der Waals surface area (Å²) in [6.45, 7) is 13.3. The van der Waals surface area contributed by atoms with E-state index < -0.39 is 0 Å². The molecule has 0 N–H and O–H groups in total. The Morgan fingerprint density at radius 1 is 1.15 bits per heavy atom. The first-order valence-electron chi connectivity index (χ1n) is 5.38. The van der Waals surface area contributed by atoms with E-state index in [1.165, 1.54) is 5.82 Å². The number of aromatic nitrogens is 2. The fraction of sp³-hybridized carbons (Fsp3) is 0.727. The molecule has 1 heterocycles. The van der Waals surface area contributed by atoms with Crippen LogP contribution >= 0.6 is 0 Å². The van der Waals surface area contributed by atoms with Gasteiger partial charge in [-0.3, -0.25) is 0 Å². The summed E-state index contributed by atoms with van der Waals surface area (Å²) in [5.74, 6) is 1.18. The maximum atomic E-state index is 4.17. The third-order valence-corrected chi connectivity index (χ3v) is 1.46. The molecule has 0 unspecified atom stereocenters. The van der Waals surface area contributed by atoms with Gasteiger partial charge in [-0.15, -0.1) is 0 Å². The van der Waals surface area contributed by atoms with Gasteiger partial charge in [0.15, 0.2) is 0 Å². The lowest BCUT2D eigenvalue weighted by atomic mass is 10.4. The first-order valence-corrected chi connectivity index (χ1v) is 5.38. The van der Waals surface area contributed by atoms with Crippen molar-refractivity contribution in [3.05, 3.63) is 18.2 Å². The molecule has 0 aliphatic rings. The molecule has 1 aromatic rings. The first-order chi connectivity index (χ1) is 6.38. The van der Waals surface area contributed by atoms with Gasteiger partial charge in [0.2, 0.25) is 0 Å². The van der Waals surface area contributed by atoms with E-state index in [0.717, 1.165) is 13.0 Å². The van der Waals surface area contributed by atoms with E-state index in [1.54, 1.807) is 0 Å². The van der Waals surface area contributed by atoms with Crippen LogP contribution in [0.15, 0.2) is 12.4 Å². The molecule has 0 aliphatic heterocycles. The smallest absolute Gasteiger partial charge is 0.108 e. The van der Waals surface area contributed by atoms with Gasteiger partial charge in [-0.05, 0) is 6.92 Å². The van der Waals surface area contributed by atoms with Crippen LogP contribution in [-0.2, 0) is 13.0 Å². The second-order valence-electron chi connectivity index (χ2n) is 1.98. The average Bonchev–Trinajstić information content (AvgIpc) is 2.70. The lowest BCUT2D eigenvalue weighted by molar-refractivity contribution is 0.705. The van der Waals surface area contributed by atoms with E-state index in [-0.39, 0.29) is 0 Å². The Bertz CT molecular complexity index is 161. The Balaban J connectivity index is 0. The van der Waals surface area contributed by atoms with Crippen LogP contribution in [-0.4, -0.2) is 9.55 Å². The minimum atomic E-state index is 1.03. The summed E-state index contributed by atoms with van der Waals surface area (Å²) in [7, 11) is 0. The minimum Gasteiger partial charge on any atom is -0.335 e. The summed E-state index contributed by atoms with van der Waals surface area (Å²) in [5, 5.41) is 0. The SMILES string of the molecule is CC.CC.CCc1nccn1CC. The van der Waals surface area contributed by atoms with Crippen LogP contribution in [0.2, 0.25) is 0 Å². The maximum absolute atomic E-state index is 4.17. The molecule has 0 aromatic carbocycles. The van der Waals surface area contributed by atoms with E-state index in [0.29, 0.717) is 0 Å². The second kappa shape index (κ2) is 11.2. The van der Waals surface area contributed by atoms with Crippen molar-refractivity contribution >= 4 is 0 Å². The second-order valence-corrected chi connectivity index (χ2v) is 1.98. The van der Waals surface area contributed by atoms with Crippen molar-refractivity contribution in [1.29, 1.82) is 0 Å². The van der Waals surface area contributed by atoms with Gasteiger partial charge in [0.05, 0.1) is 0 Å². The number of aryl methyl sites for hydroxylation is 2. The number of nitrogens with zero attached hydrogens (tertiary/aromatic N) is 2. The molecule has 78 valence electrons.